The van der Waals surface area contributed by atoms with Crippen LogP contribution in [0, 0.1) is 11.8 Å². The van der Waals surface area contributed by atoms with E-state index in [0.29, 0.717) is 0 Å². The van der Waals surface area contributed by atoms with E-state index in [1.54, 1.807) is 5.57 Å². The summed E-state index contributed by atoms with van der Waals surface area (Å²) in [5.74, 6) is 2.14. The quantitative estimate of drug-likeness (QED) is 0.525. The van der Waals surface area contributed by atoms with Crippen molar-refractivity contribution >= 4 is 5.97 Å². The molecule has 0 aromatic carbocycles. The molecule has 0 aromatic heterocycles. The zero-order valence-electron chi connectivity index (χ0n) is 12.6. The number of carbonyl (C=O) groups excluding carboxylic acids is 1. The van der Waals surface area contributed by atoms with Gasteiger partial charge in [0.1, 0.15) is 5.76 Å². The topological polar surface area (TPSA) is 26.3 Å². The maximum atomic E-state index is 11.2. The highest BCUT2D eigenvalue weighted by Gasteiger charge is 2.24. The molecule has 2 nitrogen and oxygen atoms in total. The molecular formula is C18H26O2. The molecule has 0 heterocycles. The second-order valence-corrected chi connectivity index (χ2v) is 6.01. The van der Waals surface area contributed by atoms with Gasteiger partial charge >= 0.3 is 5.97 Å². The van der Waals surface area contributed by atoms with E-state index in [4.69, 9.17) is 4.74 Å². The van der Waals surface area contributed by atoms with Gasteiger partial charge in [-0.1, -0.05) is 38.0 Å². The molecule has 0 unspecified atom stereocenters. The first-order valence-electron chi connectivity index (χ1n) is 7.96. The van der Waals surface area contributed by atoms with Gasteiger partial charge in [-0.25, -0.2) is 4.79 Å². The van der Waals surface area contributed by atoms with E-state index in [-0.39, 0.29) is 5.97 Å². The van der Waals surface area contributed by atoms with Crippen LogP contribution >= 0.6 is 0 Å². The van der Waals surface area contributed by atoms with E-state index in [1.807, 2.05) is 6.08 Å². The van der Waals surface area contributed by atoms with Gasteiger partial charge in [0, 0.05) is 12.5 Å². The van der Waals surface area contributed by atoms with Crippen molar-refractivity contribution in [2.24, 2.45) is 11.8 Å². The second-order valence-electron chi connectivity index (χ2n) is 6.01. The third-order valence-electron chi connectivity index (χ3n) is 4.61. The van der Waals surface area contributed by atoms with Gasteiger partial charge in [0.2, 0.25) is 0 Å². The van der Waals surface area contributed by atoms with Gasteiger partial charge in [0.25, 0.3) is 0 Å². The van der Waals surface area contributed by atoms with Crippen molar-refractivity contribution in [1.29, 1.82) is 0 Å². The van der Waals surface area contributed by atoms with Crippen molar-refractivity contribution in [3.8, 4) is 0 Å². The van der Waals surface area contributed by atoms with E-state index in [2.05, 4.69) is 19.6 Å². The molecule has 0 amide bonds. The molecule has 1 fully saturated rings. The molecule has 2 heteroatoms. The summed E-state index contributed by atoms with van der Waals surface area (Å²) in [7, 11) is 0. The average Bonchev–Trinajstić information content (AvgIpc) is 2.49. The first-order valence-corrected chi connectivity index (χ1v) is 7.96. The Labute approximate surface area is 122 Å². The zero-order chi connectivity index (χ0) is 14.4. The normalized spacial score (nSPS) is 26.4. The lowest BCUT2D eigenvalue weighted by Gasteiger charge is -2.31. The standard InChI is InChI=1S/C18H26O2/c1-3-5-14-6-8-15(9-7-14)16-10-12-17(13-11-16)20-18(19)4-2/h4,10,12,14-15H,2-3,5-9,11,13H2,1H3. The Morgan fingerprint density at radius 2 is 2.05 bits per heavy atom. The van der Waals surface area contributed by atoms with Crippen molar-refractivity contribution < 1.29 is 9.53 Å². The minimum Gasteiger partial charge on any atom is -0.428 e. The molecule has 20 heavy (non-hydrogen) atoms. The predicted molar refractivity (Wildman–Crippen MR) is 82.0 cm³/mol. The highest BCUT2D eigenvalue weighted by molar-refractivity contribution is 5.82. The van der Waals surface area contributed by atoms with Crippen LogP contribution in [0.5, 0.6) is 0 Å². The maximum absolute atomic E-state index is 11.2. The minimum absolute atomic E-state index is 0.354. The number of rotatable bonds is 5. The maximum Gasteiger partial charge on any atom is 0.335 e. The molecule has 2 rings (SSSR count). The van der Waals surface area contributed by atoms with Crippen LogP contribution in [0.3, 0.4) is 0 Å². The summed E-state index contributed by atoms with van der Waals surface area (Å²) in [5, 5.41) is 0. The smallest absolute Gasteiger partial charge is 0.335 e. The second kappa shape index (κ2) is 7.47. The van der Waals surface area contributed by atoms with E-state index in [0.717, 1.165) is 30.4 Å². The summed E-state index contributed by atoms with van der Waals surface area (Å²) in [6, 6.07) is 0. The molecule has 1 saturated carbocycles. The van der Waals surface area contributed by atoms with Crippen molar-refractivity contribution in [1.82, 2.24) is 0 Å². The Balaban J connectivity index is 1.86. The highest BCUT2D eigenvalue weighted by Crippen LogP contribution is 2.38. The van der Waals surface area contributed by atoms with Crippen LogP contribution < -0.4 is 0 Å². The number of ether oxygens (including phenoxy) is 1. The molecule has 0 aromatic rings. The first kappa shape index (κ1) is 15.1. The van der Waals surface area contributed by atoms with E-state index in [9.17, 15) is 4.79 Å². The number of esters is 1. The summed E-state index contributed by atoms with van der Waals surface area (Å²) >= 11 is 0. The number of allylic oxidation sites excluding steroid dienone is 4. The summed E-state index contributed by atoms with van der Waals surface area (Å²) in [6.45, 7) is 5.70. The molecule has 2 aliphatic rings. The van der Waals surface area contributed by atoms with E-state index < -0.39 is 0 Å². The van der Waals surface area contributed by atoms with Crippen LogP contribution in [-0.4, -0.2) is 5.97 Å². The van der Waals surface area contributed by atoms with E-state index >= 15 is 0 Å². The summed E-state index contributed by atoms with van der Waals surface area (Å²) in [5.41, 5.74) is 1.55. The van der Waals surface area contributed by atoms with Crippen LogP contribution in [-0.2, 0) is 9.53 Å². The van der Waals surface area contributed by atoms with Gasteiger partial charge < -0.3 is 4.74 Å². The van der Waals surface area contributed by atoms with E-state index in [1.165, 1.54) is 44.6 Å². The van der Waals surface area contributed by atoms with Crippen LogP contribution in [0.25, 0.3) is 0 Å². The predicted octanol–water partition coefficient (Wildman–Crippen LogP) is 4.93. The lowest BCUT2D eigenvalue weighted by atomic mass is 9.75. The molecule has 0 radical (unpaired) electrons. The largest absolute Gasteiger partial charge is 0.428 e. The van der Waals surface area contributed by atoms with Gasteiger partial charge in [-0.2, -0.15) is 0 Å². The molecular weight excluding hydrogens is 248 g/mol. The lowest BCUT2D eigenvalue weighted by molar-refractivity contribution is -0.134. The monoisotopic (exact) mass is 274 g/mol. The van der Waals surface area contributed by atoms with Crippen molar-refractivity contribution in [2.75, 3.05) is 0 Å². The van der Waals surface area contributed by atoms with Crippen LogP contribution in [0.4, 0.5) is 0 Å². The van der Waals surface area contributed by atoms with Crippen molar-refractivity contribution in [3.05, 3.63) is 36.1 Å². The number of hydrogen-bond donors (Lipinski definition) is 0. The minimum atomic E-state index is -0.354. The van der Waals surface area contributed by atoms with Crippen LogP contribution in [0.2, 0.25) is 0 Å². The summed E-state index contributed by atoms with van der Waals surface area (Å²) in [4.78, 5) is 11.2. The van der Waals surface area contributed by atoms with Crippen LogP contribution in [0.15, 0.2) is 36.1 Å². The Morgan fingerprint density at radius 1 is 1.30 bits per heavy atom. The van der Waals surface area contributed by atoms with Gasteiger partial charge in [0.05, 0.1) is 0 Å². The Hall–Kier alpha value is -1.31. The van der Waals surface area contributed by atoms with Gasteiger partial charge in [-0.15, -0.1) is 0 Å². The summed E-state index contributed by atoms with van der Waals surface area (Å²) in [6.07, 6.45) is 15.4. The number of carbonyl (C=O) groups is 1. The summed E-state index contributed by atoms with van der Waals surface area (Å²) < 4.78 is 5.18. The molecule has 0 saturated heterocycles. The molecule has 2 aliphatic carbocycles. The third kappa shape index (κ3) is 4.09. The Bertz CT molecular complexity index is 409. The molecule has 110 valence electrons. The molecule has 0 N–H and O–H groups in total. The fourth-order valence-corrected chi connectivity index (χ4v) is 3.46. The zero-order valence-corrected chi connectivity index (χ0v) is 12.6. The van der Waals surface area contributed by atoms with Crippen molar-refractivity contribution in [3.63, 3.8) is 0 Å². The molecule has 0 aliphatic heterocycles. The SMILES string of the molecule is C=CC(=O)OC1=CC=C(C2CCC(CCC)CC2)CC1. The molecule has 0 atom stereocenters. The van der Waals surface area contributed by atoms with Crippen LogP contribution in [0.1, 0.15) is 58.3 Å². The lowest BCUT2D eigenvalue weighted by Crippen LogP contribution is -2.17. The highest BCUT2D eigenvalue weighted by atomic mass is 16.5. The van der Waals surface area contributed by atoms with Crippen molar-refractivity contribution in [2.45, 2.75) is 58.3 Å². The molecule has 0 spiro atoms. The Kier molecular flexibility index (Phi) is 5.63. The van der Waals surface area contributed by atoms with Gasteiger partial charge in [-0.05, 0) is 50.0 Å². The fourth-order valence-electron chi connectivity index (χ4n) is 3.46. The average molecular weight is 274 g/mol. The number of hydrogen-bond acceptors (Lipinski definition) is 2. The Morgan fingerprint density at radius 3 is 2.60 bits per heavy atom. The van der Waals surface area contributed by atoms with Gasteiger partial charge in [0.15, 0.2) is 0 Å². The third-order valence-corrected chi connectivity index (χ3v) is 4.61. The first-order chi connectivity index (χ1) is 9.72. The fraction of sp³-hybridized carbons (Fsp3) is 0.611. The molecule has 0 bridgehead atoms. The van der Waals surface area contributed by atoms with Gasteiger partial charge in [-0.3, -0.25) is 0 Å².